The van der Waals surface area contributed by atoms with Gasteiger partial charge in [0.25, 0.3) is 0 Å². The highest BCUT2D eigenvalue weighted by molar-refractivity contribution is 5.79. The molecule has 2 aromatic carbocycles. The standard InChI is InChI=1S/C21H27NO4/c1-14(12-16-6-11-19(25-4)20(13-16)26-5)21(23)22-15(2)17-7-9-18(24-3)10-8-17/h6-11,13-15H,12H2,1-5H3,(H,22,23). The first-order valence-corrected chi connectivity index (χ1v) is 8.63. The molecule has 0 radical (unpaired) electrons. The average Bonchev–Trinajstić information content (AvgIpc) is 2.67. The Morgan fingerprint density at radius 1 is 0.923 bits per heavy atom. The summed E-state index contributed by atoms with van der Waals surface area (Å²) in [5.41, 5.74) is 2.07. The number of hydrogen-bond acceptors (Lipinski definition) is 4. The fourth-order valence-electron chi connectivity index (χ4n) is 2.79. The number of ether oxygens (including phenoxy) is 3. The maximum atomic E-state index is 12.5. The van der Waals surface area contributed by atoms with Crippen LogP contribution in [-0.2, 0) is 11.2 Å². The predicted molar refractivity (Wildman–Crippen MR) is 102 cm³/mol. The van der Waals surface area contributed by atoms with Crippen molar-refractivity contribution < 1.29 is 19.0 Å². The van der Waals surface area contributed by atoms with E-state index in [1.54, 1.807) is 21.3 Å². The van der Waals surface area contributed by atoms with Gasteiger partial charge in [0.15, 0.2) is 11.5 Å². The molecule has 0 saturated carbocycles. The van der Waals surface area contributed by atoms with E-state index < -0.39 is 0 Å². The number of methoxy groups -OCH3 is 3. The summed E-state index contributed by atoms with van der Waals surface area (Å²) in [6.45, 7) is 3.90. The molecular weight excluding hydrogens is 330 g/mol. The zero-order valence-corrected chi connectivity index (χ0v) is 16.0. The smallest absolute Gasteiger partial charge is 0.223 e. The van der Waals surface area contributed by atoms with Crippen LogP contribution in [0.2, 0.25) is 0 Å². The number of rotatable bonds is 8. The van der Waals surface area contributed by atoms with Gasteiger partial charge in [-0.1, -0.05) is 25.1 Å². The summed E-state index contributed by atoms with van der Waals surface area (Å²) >= 11 is 0. The lowest BCUT2D eigenvalue weighted by Gasteiger charge is -2.19. The third-order valence-electron chi connectivity index (χ3n) is 4.41. The van der Waals surface area contributed by atoms with Crippen molar-refractivity contribution >= 4 is 5.91 Å². The zero-order valence-electron chi connectivity index (χ0n) is 16.0. The van der Waals surface area contributed by atoms with Crippen molar-refractivity contribution in [3.63, 3.8) is 0 Å². The summed E-state index contributed by atoms with van der Waals surface area (Å²) in [5, 5.41) is 3.07. The summed E-state index contributed by atoms with van der Waals surface area (Å²) in [7, 11) is 4.85. The van der Waals surface area contributed by atoms with Gasteiger partial charge in [-0.15, -0.1) is 0 Å². The fourth-order valence-corrected chi connectivity index (χ4v) is 2.79. The number of amides is 1. The molecule has 2 atom stereocenters. The zero-order chi connectivity index (χ0) is 19.1. The maximum absolute atomic E-state index is 12.5. The molecule has 1 amide bonds. The Morgan fingerprint density at radius 2 is 1.58 bits per heavy atom. The van der Waals surface area contributed by atoms with Crippen LogP contribution in [0, 0.1) is 5.92 Å². The lowest BCUT2D eigenvalue weighted by atomic mass is 9.99. The summed E-state index contributed by atoms with van der Waals surface area (Å²) in [6.07, 6.45) is 0.627. The SMILES string of the molecule is COc1ccc(C(C)NC(=O)C(C)Cc2ccc(OC)c(OC)c2)cc1. The van der Waals surface area contributed by atoms with Crippen LogP contribution < -0.4 is 19.5 Å². The first-order valence-electron chi connectivity index (χ1n) is 8.63. The van der Waals surface area contributed by atoms with Gasteiger partial charge in [-0.3, -0.25) is 4.79 Å². The number of carbonyl (C=O) groups is 1. The quantitative estimate of drug-likeness (QED) is 0.781. The normalized spacial score (nSPS) is 12.8. The molecule has 1 N–H and O–H groups in total. The molecular formula is C21H27NO4. The van der Waals surface area contributed by atoms with E-state index in [1.807, 2.05) is 56.3 Å². The first kappa shape index (κ1) is 19.6. The van der Waals surface area contributed by atoms with Crippen molar-refractivity contribution in [1.29, 1.82) is 0 Å². The van der Waals surface area contributed by atoms with Gasteiger partial charge < -0.3 is 19.5 Å². The molecule has 2 rings (SSSR count). The molecule has 0 fully saturated rings. The van der Waals surface area contributed by atoms with Crippen LogP contribution >= 0.6 is 0 Å². The molecule has 140 valence electrons. The van der Waals surface area contributed by atoms with Gasteiger partial charge in [0.2, 0.25) is 5.91 Å². The molecule has 2 unspecified atom stereocenters. The van der Waals surface area contributed by atoms with Crippen molar-refractivity contribution in [2.24, 2.45) is 5.92 Å². The fraction of sp³-hybridized carbons (Fsp3) is 0.381. The minimum absolute atomic E-state index is 0.0168. The van der Waals surface area contributed by atoms with Crippen LogP contribution in [0.1, 0.15) is 31.0 Å². The van der Waals surface area contributed by atoms with E-state index in [-0.39, 0.29) is 17.9 Å². The van der Waals surface area contributed by atoms with Crippen molar-refractivity contribution in [1.82, 2.24) is 5.32 Å². The molecule has 5 heteroatoms. The lowest BCUT2D eigenvalue weighted by Crippen LogP contribution is -2.32. The van der Waals surface area contributed by atoms with Crippen LogP contribution in [-0.4, -0.2) is 27.2 Å². The Balaban J connectivity index is 1.98. The average molecular weight is 357 g/mol. The molecule has 0 spiro atoms. The van der Waals surface area contributed by atoms with E-state index in [2.05, 4.69) is 5.32 Å². The topological polar surface area (TPSA) is 56.8 Å². The second kappa shape index (κ2) is 9.13. The molecule has 0 bridgehead atoms. The Bertz CT molecular complexity index is 727. The van der Waals surface area contributed by atoms with Gasteiger partial charge in [-0.25, -0.2) is 0 Å². The number of nitrogens with one attached hydrogen (secondary N) is 1. The van der Waals surface area contributed by atoms with Crippen molar-refractivity contribution in [2.45, 2.75) is 26.3 Å². The van der Waals surface area contributed by atoms with E-state index in [9.17, 15) is 4.79 Å². The van der Waals surface area contributed by atoms with Crippen molar-refractivity contribution in [3.8, 4) is 17.2 Å². The summed E-state index contributed by atoms with van der Waals surface area (Å²) in [5.74, 6) is 2.01. The molecule has 0 saturated heterocycles. The highest BCUT2D eigenvalue weighted by Crippen LogP contribution is 2.28. The first-order chi connectivity index (χ1) is 12.5. The van der Waals surface area contributed by atoms with Gasteiger partial charge in [0.1, 0.15) is 5.75 Å². The summed E-state index contributed by atoms with van der Waals surface area (Å²) < 4.78 is 15.7. The minimum atomic E-state index is -0.159. The maximum Gasteiger partial charge on any atom is 0.223 e. The van der Waals surface area contributed by atoms with Crippen LogP contribution in [0.5, 0.6) is 17.2 Å². The second-order valence-corrected chi connectivity index (χ2v) is 6.30. The van der Waals surface area contributed by atoms with Gasteiger partial charge in [-0.2, -0.15) is 0 Å². The highest BCUT2D eigenvalue weighted by atomic mass is 16.5. The Hall–Kier alpha value is -2.69. The molecule has 0 heterocycles. The Labute approximate surface area is 155 Å². The van der Waals surface area contributed by atoms with Crippen LogP contribution in [0.15, 0.2) is 42.5 Å². The molecule has 0 aromatic heterocycles. The van der Waals surface area contributed by atoms with Gasteiger partial charge in [0, 0.05) is 5.92 Å². The molecule has 0 aliphatic heterocycles. The van der Waals surface area contributed by atoms with Gasteiger partial charge in [-0.05, 0) is 48.7 Å². The Kier molecular flexibility index (Phi) is 6.89. The van der Waals surface area contributed by atoms with Crippen LogP contribution in [0.3, 0.4) is 0 Å². The van der Waals surface area contributed by atoms with Gasteiger partial charge in [0.05, 0.1) is 27.4 Å². The summed E-state index contributed by atoms with van der Waals surface area (Å²) in [4.78, 5) is 12.5. The van der Waals surface area contributed by atoms with E-state index in [1.165, 1.54) is 0 Å². The number of carbonyl (C=O) groups excluding carboxylic acids is 1. The third-order valence-corrected chi connectivity index (χ3v) is 4.41. The van der Waals surface area contributed by atoms with Crippen LogP contribution in [0.4, 0.5) is 0 Å². The number of benzene rings is 2. The minimum Gasteiger partial charge on any atom is -0.497 e. The van der Waals surface area contributed by atoms with E-state index in [0.717, 1.165) is 16.9 Å². The van der Waals surface area contributed by atoms with Crippen molar-refractivity contribution in [3.05, 3.63) is 53.6 Å². The second-order valence-electron chi connectivity index (χ2n) is 6.30. The van der Waals surface area contributed by atoms with E-state index in [4.69, 9.17) is 14.2 Å². The largest absolute Gasteiger partial charge is 0.497 e. The molecule has 5 nitrogen and oxygen atoms in total. The van der Waals surface area contributed by atoms with E-state index in [0.29, 0.717) is 17.9 Å². The summed E-state index contributed by atoms with van der Waals surface area (Å²) in [6, 6.07) is 13.4. The molecule has 26 heavy (non-hydrogen) atoms. The Morgan fingerprint density at radius 3 is 2.15 bits per heavy atom. The van der Waals surface area contributed by atoms with Crippen molar-refractivity contribution in [2.75, 3.05) is 21.3 Å². The predicted octanol–water partition coefficient (Wildman–Crippen LogP) is 3.77. The molecule has 0 aliphatic carbocycles. The number of hydrogen-bond donors (Lipinski definition) is 1. The highest BCUT2D eigenvalue weighted by Gasteiger charge is 2.17. The molecule has 2 aromatic rings. The van der Waals surface area contributed by atoms with Crippen LogP contribution in [0.25, 0.3) is 0 Å². The molecule has 0 aliphatic rings. The van der Waals surface area contributed by atoms with Gasteiger partial charge >= 0.3 is 0 Å². The third kappa shape index (κ3) is 4.91. The monoisotopic (exact) mass is 357 g/mol. The van der Waals surface area contributed by atoms with E-state index >= 15 is 0 Å². The lowest BCUT2D eigenvalue weighted by molar-refractivity contribution is -0.125.